The van der Waals surface area contributed by atoms with Crippen LogP contribution in [0.15, 0.2) is 58.7 Å². The number of amides is 2. The zero-order valence-electron chi connectivity index (χ0n) is 47.1. The van der Waals surface area contributed by atoms with Crippen LogP contribution < -0.4 is 25.0 Å². The van der Waals surface area contributed by atoms with Gasteiger partial charge in [0.15, 0.2) is 11.6 Å². The lowest BCUT2D eigenvalue weighted by Crippen LogP contribution is -2.56. The first kappa shape index (κ1) is 55.7. The van der Waals surface area contributed by atoms with Crippen molar-refractivity contribution in [1.29, 1.82) is 0 Å². The summed E-state index contributed by atoms with van der Waals surface area (Å²) < 4.78 is 41.6. The Balaban J connectivity index is 0.617. The van der Waals surface area contributed by atoms with Gasteiger partial charge in [-0.3, -0.25) is 19.5 Å². The van der Waals surface area contributed by atoms with E-state index < -0.39 is 35.8 Å². The Bertz CT molecular complexity index is 3440. The van der Waals surface area contributed by atoms with E-state index >= 15 is 4.39 Å². The number of ether oxygens (including phenoxy) is 3. The molecule has 2 aliphatic carbocycles. The highest BCUT2D eigenvalue weighted by Gasteiger charge is 2.51. The largest absolute Gasteiger partial charge is 0.508 e. The van der Waals surface area contributed by atoms with Gasteiger partial charge in [-0.15, -0.1) is 11.3 Å². The van der Waals surface area contributed by atoms with E-state index in [1.54, 1.807) is 28.5 Å². The molecule has 0 radical (unpaired) electrons. The van der Waals surface area contributed by atoms with Crippen LogP contribution in [0, 0.1) is 30.5 Å². The number of piperazine rings is 1. The van der Waals surface area contributed by atoms with E-state index in [2.05, 4.69) is 35.6 Å². The zero-order valence-corrected chi connectivity index (χ0v) is 48.6. The summed E-state index contributed by atoms with van der Waals surface area (Å²) in [6.07, 6.45) is 7.74. The predicted octanol–water partition coefficient (Wildman–Crippen LogP) is 9.28. The molecule has 13 rings (SSSR count). The number of nitrogens with zero attached hydrogens (tertiary/aromatic N) is 8. The van der Waals surface area contributed by atoms with E-state index in [0.29, 0.717) is 52.7 Å². The van der Waals surface area contributed by atoms with Gasteiger partial charge < -0.3 is 49.4 Å². The molecule has 2 aromatic carbocycles. The minimum atomic E-state index is -0.800. The Labute approximate surface area is 489 Å². The van der Waals surface area contributed by atoms with Crippen LogP contribution in [0.5, 0.6) is 17.6 Å². The molecule has 19 nitrogen and oxygen atoms in total. The molecule has 9 atom stereocenters. The van der Waals surface area contributed by atoms with Gasteiger partial charge in [0, 0.05) is 60.0 Å². The van der Waals surface area contributed by atoms with E-state index in [1.807, 2.05) is 57.5 Å². The number of carbonyl (C=O) groups is 3. The van der Waals surface area contributed by atoms with Gasteiger partial charge in [-0.05, 0) is 130 Å². The summed E-state index contributed by atoms with van der Waals surface area (Å²) in [6, 6.07) is 13.0. The molecule has 7 aliphatic rings. The molecular formula is C61H70ClFN10O9S. The van der Waals surface area contributed by atoms with Crippen LogP contribution in [0.3, 0.4) is 0 Å². The molecule has 4 aromatic heterocycles. The summed E-state index contributed by atoms with van der Waals surface area (Å²) in [5.74, 6) is -2.29. The van der Waals surface area contributed by atoms with Crippen molar-refractivity contribution >= 4 is 57.4 Å². The first-order chi connectivity index (χ1) is 40.1. The quantitative estimate of drug-likeness (QED) is 0.0628. The van der Waals surface area contributed by atoms with Gasteiger partial charge in [-0.25, -0.2) is 14.2 Å². The van der Waals surface area contributed by atoms with Gasteiger partial charge in [-0.2, -0.15) is 9.97 Å². The number of pyridine rings is 1. The number of anilines is 1. The average molecular weight is 1170 g/mol. The maximum atomic E-state index is 17.1. The van der Waals surface area contributed by atoms with Crippen LogP contribution in [0.2, 0.25) is 5.02 Å². The zero-order chi connectivity index (χ0) is 57.4. The molecule has 0 spiro atoms. The number of rotatable bonds is 18. The molecule has 2 bridgehead atoms. The number of aliphatic hydroxyl groups excluding tert-OH is 1. The van der Waals surface area contributed by atoms with Crippen LogP contribution in [0.4, 0.5) is 15.0 Å². The minimum Gasteiger partial charge on any atom is -0.508 e. The molecule has 5 aliphatic heterocycles. The number of aromatic nitrogens is 5. The van der Waals surface area contributed by atoms with Gasteiger partial charge in [0.1, 0.15) is 47.9 Å². The lowest BCUT2D eigenvalue weighted by molar-refractivity contribution is -0.134. The SMILES string of the molecule is Cc1ncsc1-c1ccc([C@H](C)NC(=O)[C@@H]2C[C@@H](O)CC2C(=O)[C@H](c2cc(OC3CN(C(=O)OC[C@@H]4CC[C@@]5(COc6nc(N7CC8CCC(C7)N8)c7cnc(-c8cc(O)cc(Cl)c8C8CC8)c(F)c7n6)CCCN45)C3)no2)C(C)C)cc1. The Morgan fingerprint density at radius 1 is 0.976 bits per heavy atom. The lowest BCUT2D eigenvalue weighted by Gasteiger charge is -2.38. The molecule has 438 valence electrons. The van der Waals surface area contributed by atoms with Gasteiger partial charge in [0.05, 0.1) is 64.1 Å². The highest BCUT2D eigenvalue weighted by atomic mass is 35.5. The predicted molar refractivity (Wildman–Crippen MR) is 308 cm³/mol. The highest BCUT2D eigenvalue weighted by molar-refractivity contribution is 7.13. The van der Waals surface area contributed by atoms with Crippen LogP contribution in [0.1, 0.15) is 125 Å². The molecule has 4 N–H and O–H groups in total. The number of phenols is 1. The molecule has 7 fully saturated rings. The summed E-state index contributed by atoms with van der Waals surface area (Å²) in [6.45, 7) is 11.0. The number of phenolic OH excluding ortho intramolecular Hbond substituents is 1. The summed E-state index contributed by atoms with van der Waals surface area (Å²) in [5, 5.41) is 33.2. The number of Topliss-reactive ketones (excluding diaryl/α,β-unsaturated/α-hetero) is 1. The second kappa shape index (κ2) is 22.5. The van der Waals surface area contributed by atoms with E-state index in [-0.39, 0.29) is 115 Å². The first-order valence-corrected chi connectivity index (χ1v) is 30.7. The minimum absolute atomic E-state index is 0.0304. The maximum Gasteiger partial charge on any atom is 0.410 e. The third kappa shape index (κ3) is 10.9. The van der Waals surface area contributed by atoms with Gasteiger partial charge in [0.25, 0.3) is 5.88 Å². The molecular weight excluding hydrogens is 1100 g/mol. The molecule has 2 saturated carbocycles. The number of carbonyl (C=O) groups excluding carboxylic acids is 3. The summed E-state index contributed by atoms with van der Waals surface area (Å²) in [4.78, 5) is 67.8. The summed E-state index contributed by atoms with van der Waals surface area (Å²) in [5.41, 5.74) is 5.83. The van der Waals surface area contributed by atoms with Crippen molar-refractivity contribution < 1.29 is 47.7 Å². The number of ketones is 1. The fourth-order valence-corrected chi connectivity index (χ4v) is 15.4. The maximum absolute atomic E-state index is 17.1. The summed E-state index contributed by atoms with van der Waals surface area (Å²) in [7, 11) is 0. The lowest BCUT2D eigenvalue weighted by atomic mass is 9.79. The molecule has 3 unspecified atom stereocenters. The number of benzene rings is 2. The molecule has 22 heteroatoms. The van der Waals surface area contributed by atoms with E-state index in [0.717, 1.165) is 85.2 Å². The average Bonchev–Trinajstić information content (AvgIpc) is 4.21. The third-order valence-electron chi connectivity index (χ3n) is 18.6. The van der Waals surface area contributed by atoms with Crippen LogP contribution in [-0.2, 0) is 14.3 Å². The number of aryl methyl sites for hydroxylation is 1. The Morgan fingerprint density at radius 2 is 1.75 bits per heavy atom. The van der Waals surface area contributed by atoms with Crippen molar-refractivity contribution in [1.82, 2.24) is 45.5 Å². The van der Waals surface area contributed by atoms with Gasteiger partial charge in [-0.1, -0.05) is 49.7 Å². The number of hydrogen-bond donors (Lipinski definition) is 4. The van der Waals surface area contributed by atoms with E-state index in [9.17, 15) is 24.6 Å². The number of thiazole rings is 1. The van der Waals surface area contributed by atoms with E-state index in [1.165, 1.54) is 12.1 Å². The smallest absolute Gasteiger partial charge is 0.410 e. The van der Waals surface area contributed by atoms with E-state index in [4.69, 9.17) is 40.3 Å². The number of halogens is 2. The fourth-order valence-electron chi connectivity index (χ4n) is 14.2. The van der Waals surface area contributed by atoms with Gasteiger partial charge in [0.2, 0.25) is 5.91 Å². The van der Waals surface area contributed by atoms with Crippen molar-refractivity contribution in [2.75, 3.05) is 50.8 Å². The summed E-state index contributed by atoms with van der Waals surface area (Å²) >= 11 is 8.25. The molecule has 2 amide bonds. The van der Waals surface area contributed by atoms with Crippen LogP contribution in [-0.4, -0.2) is 145 Å². The van der Waals surface area contributed by atoms with Crippen molar-refractivity contribution in [2.45, 2.75) is 146 Å². The fraction of sp³-hybridized carbons (Fsp3) is 0.541. The number of hydrogen-bond acceptors (Lipinski definition) is 18. The Kier molecular flexibility index (Phi) is 15.1. The van der Waals surface area contributed by atoms with Crippen LogP contribution in [0.25, 0.3) is 32.6 Å². The topological polar surface area (TPSA) is 231 Å². The number of aromatic hydroxyl groups is 1. The Hall–Kier alpha value is -6.52. The molecule has 9 heterocycles. The second-order valence-electron chi connectivity index (χ2n) is 24.6. The molecule has 6 aromatic rings. The van der Waals surface area contributed by atoms with Crippen molar-refractivity contribution in [3.8, 4) is 39.3 Å². The molecule has 83 heavy (non-hydrogen) atoms. The van der Waals surface area contributed by atoms with Crippen molar-refractivity contribution in [2.24, 2.45) is 17.8 Å². The Morgan fingerprint density at radius 3 is 2.48 bits per heavy atom. The number of nitrogens with one attached hydrogen (secondary N) is 2. The first-order valence-electron chi connectivity index (χ1n) is 29.4. The van der Waals surface area contributed by atoms with Crippen molar-refractivity contribution in [3.05, 3.63) is 87.6 Å². The number of likely N-dealkylation sites (tertiary alicyclic amines) is 1. The standard InChI is InChI=1S/C61H70ClFN10O9S/c1-31(2)50(55(76)43-18-40(74)19-44(43)58(77)66-32(3)34-6-10-36(11-7-34)56-33(4)65-30-83-56)48-22-49(70-82-48)81-42-26-72(27-42)60(78)79-28-39-14-16-61(15-5-17-73(39)61)29-80-59-68-54-46(57(69-59)71-24-37-12-13-38(25-71)67-37)23-64-53(52(54)63)45-20-41(75)21-47(62)51(45)35-8-9-35/h6-7,10-11,20-23,30-32,35,37-40,42-44,50,67,74-75H,5,8-9,12-19,24-29H2,1-4H3,(H,66,77)/t32-,37?,38?,39-,40-,43?,44+,50-,61+/m0/s1. The van der Waals surface area contributed by atoms with Crippen LogP contribution >= 0.6 is 22.9 Å². The van der Waals surface area contributed by atoms with Gasteiger partial charge >= 0.3 is 12.1 Å². The number of aliphatic hydroxyl groups is 1. The monoisotopic (exact) mass is 1170 g/mol. The highest BCUT2D eigenvalue weighted by Crippen LogP contribution is 2.50. The third-order valence-corrected chi connectivity index (χ3v) is 19.9. The molecule has 5 saturated heterocycles. The van der Waals surface area contributed by atoms with Crippen molar-refractivity contribution in [3.63, 3.8) is 0 Å². The normalized spacial score (nSPS) is 25.9. The second-order valence-corrected chi connectivity index (χ2v) is 25.9. The number of fused-ring (bicyclic) bond motifs is 4.